The fraction of sp³-hybridized carbons (Fsp3) is 0.364. The van der Waals surface area contributed by atoms with Crippen LogP contribution < -0.4 is 5.84 Å². The van der Waals surface area contributed by atoms with Crippen molar-refractivity contribution >= 4 is 11.8 Å². The molecule has 114 valence electrons. The van der Waals surface area contributed by atoms with E-state index in [4.69, 9.17) is 5.84 Å². The zero-order valence-electron chi connectivity index (χ0n) is 11.3. The number of rotatable bonds is 2. The van der Waals surface area contributed by atoms with Crippen LogP contribution in [0.3, 0.4) is 0 Å². The van der Waals surface area contributed by atoms with Gasteiger partial charge in [0.05, 0.1) is 4.90 Å². The van der Waals surface area contributed by atoms with E-state index in [0.717, 1.165) is 4.68 Å². The Kier molecular flexibility index (Phi) is 3.83. The lowest BCUT2D eigenvalue weighted by atomic mass is 9.96. The van der Waals surface area contributed by atoms with Crippen LogP contribution in [-0.2, 0) is 5.41 Å². The zero-order valence-corrected chi connectivity index (χ0v) is 12.1. The summed E-state index contributed by atoms with van der Waals surface area (Å²) in [7, 11) is 0. The van der Waals surface area contributed by atoms with E-state index in [1.54, 1.807) is 0 Å². The lowest BCUT2D eigenvalue weighted by Gasteiger charge is -2.16. The third kappa shape index (κ3) is 2.80. The fourth-order valence-electron chi connectivity index (χ4n) is 1.51. The molecule has 0 aliphatic carbocycles. The predicted molar refractivity (Wildman–Crippen MR) is 67.1 cm³/mol. The third-order valence-electron chi connectivity index (χ3n) is 2.49. The smallest absolute Gasteiger partial charge is 0.252 e. The van der Waals surface area contributed by atoms with Crippen molar-refractivity contribution in [2.45, 2.75) is 36.2 Å². The second kappa shape index (κ2) is 5.17. The molecule has 0 aromatic carbocycles. The summed E-state index contributed by atoms with van der Waals surface area (Å²) in [6, 6.07) is 0. The Bertz CT molecular complexity index is 669. The Hall–Kier alpha value is -1.84. The Morgan fingerprint density at radius 1 is 1.00 bits per heavy atom. The van der Waals surface area contributed by atoms with Gasteiger partial charge < -0.3 is 5.84 Å². The standard InChI is InChI=1S/C11H11F4N5S/c1-11(2,3)9-18-19-10(20(9)16)21-6-4(12)7(14)17-8(15)5(6)13/h16H2,1-3H3. The van der Waals surface area contributed by atoms with Crippen molar-refractivity contribution in [3.63, 3.8) is 0 Å². The van der Waals surface area contributed by atoms with Crippen LogP contribution in [0.15, 0.2) is 10.1 Å². The van der Waals surface area contributed by atoms with Gasteiger partial charge in [-0.25, -0.2) is 13.5 Å². The van der Waals surface area contributed by atoms with Crippen molar-refractivity contribution in [2.24, 2.45) is 0 Å². The second-order valence-electron chi connectivity index (χ2n) is 5.18. The summed E-state index contributed by atoms with van der Waals surface area (Å²) >= 11 is 0.327. The minimum Gasteiger partial charge on any atom is -0.336 e. The first-order valence-electron chi connectivity index (χ1n) is 5.71. The van der Waals surface area contributed by atoms with Gasteiger partial charge in [0, 0.05) is 5.41 Å². The molecule has 10 heteroatoms. The number of halogens is 4. The van der Waals surface area contributed by atoms with Gasteiger partial charge in [-0.2, -0.15) is 13.8 Å². The summed E-state index contributed by atoms with van der Waals surface area (Å²) in [4.78, 5) is 1.55. The van der Waals surface area contributed by atoms with Gasteiger partial charge in [0.2, 0.25) is 5.16 Å². The van der Waals surface area contributed by atoms with Gasteiger partial charge in [-0.15, -0.1) is 10.2 Å². The molecule has 0 aliphatic heterocycles. The maximum Gasteiger partial charge on any atom is 0.252 e. The van der Waals surface area contributed by atoms with E-state index in [9.17, 15) is 17.6 Å². The van der Waals surface area contributed by atoms with Gasteiger partial charge in [-0.05, 0) is 11.8 Å². The molecule has 5 nitrogen and oxygen atoms in total. The van der Waals surface area contributed by atoms with Crippen LogP contribution in [0.1, 0.15) is 26.6 Å². The Morgan fingerprint density at radius 2 is 1.52 bits per heavy atom. The third-order valence-corrected chi connectivity index (χ3v) is 3.51. The van der Waals surface area contributed by atoms with Crippen molar-refractivity contribution in [1.82, 2.24) is 19.9 Å². The number of aromatic nitrogens is 4. The largest absolute Gasteiger partial charge is 0.336 e. The van der Waals surface area contributed by atoms with Crippen LogP contribution in [-0.4, -0.2) is 19.9 Å². The van der Waals surface area contributed by atoms with Gasteiger partial charge in [0.1, 0.15) is 0 Å². The highest BCUT2D eigenvalue weighted by molar-refractivity contribution is 7.99. The molecule has 0 spiro atoms. The van der Waals surface area contributed by atoms with E-state index >= 15 is 0 Å². The number of nitrogen functional groups attached to an aromatic ring is 1. The van der Waals surface area contributed by atoms with Crippen LogP contribution in [0.2, 0.25) is 0 Å². The van der Waals surface area contributed by atoms with Crippen molar-refractivity contribution in [2.75, 3.05) is 5.84 Å². The van der Waals surface area contributed by atoms with Gasteiger partial charge in [0.15, 0.2) is 17.5 Å². The highest BCUT2D eigenvalue weighted by Crippen LogP contribution is 2.33. The van der Waals surface area contributed by atoms with Gasteiger partial charge in [-0.1, -0.05) is 20.8 Å². The SMILES string of the molecule is CC(C)(C)c1nnc(Sc2c(F)c(F)nc(F)c2F)n1N. The van der Waals surface area contributed by atoms with Crippen LogP contribution in [0.4, 0.5) is 17.6 Å². The van der Waals surface area contributed by atoms with Crippen LogP contribution in [0, 0.1) is 23.5 Å². The van der Waals surface area contributed by atoms with Crippen molar-refractivity contribution in [3.05, 3.63) is 29.4 Å². The summed E-state index contributed by atoms with van der Waals surface area (Å²) in [6.07, 6.45) is 0. The molecule has 0 saturated heterocycles. The fourth-order valence-corrected chi connectivity index (χ4v) is 2.30. The number of pyridine rings is 1. The molecule has 2 aromatic rings. The molecule has 0 fully saturated rings. The molecule has 2 N–H and O–H groups in total. The molecular weight excluding hydrogens is 310 g/mol. The normalized spacial score (nSPS) is 12.0. The van der Waals surface area contributed by atoms with E-state index in [0.29, 0.717) is 17.6 Å². The minimum atomic E-state index is -1.74. The maximum atomic E-state index is 13.5. The molecule has 0 amide bonds. The molecule has 2 rings (SSSR count). The van der Waals surface area contributed by atoms with Crippen molar-refractivity contribution in [1.29, 1.82) is 0 Å². The molecule has 0 bridgehead atoms. The van der Waals surface area contributed by atoms with E-state index in [1.807, 2.05) is 20.8 Å². The van der Waals surface area contributed by atoms with Gasteiger partial charge in [-0.3, -0.25) is 0 Å². The molecule has 2 aromatic heterocycles. The van der Waals surface area contributed by atoms with E-state index in [1.165, 1.54) is 0 Å². The number of nitrogens with zero attached hydrogens (tertiary/aromatic N) is 4. The highest BCUT2D eigenvalue weighted by Gasteiger charge is 2.27. The lowest BCUT2D eigenvalue weighted by molar-refractivity contribution is 0.383. The molecule has 0 aliphatic rings. The average Bonchev–Trinajstić information content (AvgIpc) is 2.73. The number of hydrogen-bond donors (Lipinski definition) is 1. The van der Waals surface area contributed by atoms with Gasteiger partial charge >= 0.3 is 0 Å². The Balaban J connectivity index is 2.47. The summed E-state index contributed by atoms with van der Waals surface area (Å²) in [5.74, 6) is -0.620. The lowest BCUT2D eigenvalue weighted by Crippen LogP contribution is -2.24. The van der Waals surface area contributed by atoms with Crippen LogP contribution in [0.5, 0.6) is 0 Å². The van der Waals surface area contributed by atoms with Gasteiger partial charge in [0.25, 0.3) is 11.9 Å². The van der Waals surface area contributed by atoms with Crippen LogP contribution >= 0.6 is 11.8 Å². The second-order valence-corrected chi connectivity index (χ2v) is 6.16. The minimum absolute atomic E-state index is 0.109. The molecule has 0 atom stereocenters. The number of nitrogens with two attached hydrogens (primary N) is 1. The summed E-state index contributed by atoms with van der Waals surface area (Å²) in [5, 5.41) is 7.37. The first-order chi connectivity index (χ1) is 9.62. The van der Waals surface area contributed by atoms with E-state index < -0.39 is 33.8 Å². The first kappa shape index (κ1) is 15.5. The monoisotopic (exact) mass is 321 g/mol. The molecule has 0 unspecified atom stereocenters. The first-order valence-corrected chi connectivity index (χ1v) is 6.53. The summed E-state index contributed by atoms with van der Waals surface area (Å²) < 4.78 is 54.2. The topological polar surface area (TPSA) is 69.6 Å². The maximum absolute atomic E-state index is 13.5. The molecule has 0 saturated carbocycles. The summed E-state index contributed by atoms with van der Waals surface area (Å²) in [6.45, 7) is 5.42. The molecule has 0 radical (unpaired) electrons. The Morgan fingerprint density at radius 3 is 1.95 bits per heavy atom. The quantitative estimate of drug-likeness (QED) is 0.522. The van der Waals surface area contributed by atoms with Crippen LogP contribution in [0.25, 0.3) is 0 Å². The van der Waals surface area contributed by atoms with Crippen molar-refractivity contribution < 1.29 is 17.6 Å². The Labute approximate surface area is 121 Å². The molecule has 21 heavy (non-hydrogen) atoms. The highest BCUT2D eigenvalue weighted by atomic mass is 32.2. The molecular formula is C11H11F4N5S. The molecule has 2 heterocycles. The van der Waals surface area contributed by atoms with Crippen molar-refractivity contribution in [3.8, 4) is 0 Å². The van der Waals surface area contributed by atoms with E-state index in [-0.39, 0.29) is 5.16 Å². The zero-order chi connectivity index (χ0) is 15.9. The summed E-state index contributed by atoms with van der Waals surface area (Å²) in [5.41, 5.74) is -0.466. The van der Waals surface area contributed by atoms with E-state index in [2.05, 4.69) is 15.2 Å². The predicted octanol–water partition coefficient (Wildman–Crippen LogP) is 2.39. The number of hydrogen-bond acceptors (Lipinski definition) is 5. The average molecular weight is 321 g/mol.